The zero-order chi connectivity index (χ0) is 7.68. The van der Waals surface area contributed by atoms with E-state index in [2.05, 4.69) is 5.43 Å². The fourth-order valence-corrected chi connectivity index (χ4v) is 1.08. The van der Waals surface area contributed by atoms with Crippen LogP contribution in [0.5, 0.6) is 0 Å². The van der Waals surface area contributed by atoms with Gasteiger partial charge >= 0.3 is 0 Å². The molecule has 1 heterocycles. The number of para-hydroxylation sites is 1. The second kappa shape index (κ2) is 2.29. The predicted octanol–water partition coefficient (Wildman–Crippen LogP) is 1.17. The Hall–Kier alpha value is -1.48. The summed E-state index contributed by atoms with van der Waals surface area (Å²) in [4.78, 5) is 0. The Morgan fingerprint density at radius 3 is 3.00 bits per heavy atom. The van der Waals surface area contributed by atoms with Crippen LogP contribution in [0.2, 0.25) is 0 Å². The molecule has 0 aromatic heterocycles. The van der Waals surface area contributed by atoms with Gasteiger partial charge in [-0.15, -0.1) is 0 Å². The van der Waals surface area contributed by atoms with Gasteiger partial charge in [0.1, 0.15) is 0 Å². The average Bonchev–Trinajstić information content (AvgIpc) is 2.04. The lowest BCUT2D eigenvalue weighted by Crippen LogP contribution is -2.32. The topological polar surface area (TPSA) is 41.3 Å². The summed E-state index contributed by atoms with van der Waals surface area (Å²) in [6, 6.07) is 7.99. The molecule has 0 spiro atoms. The van der Waals surface area contributed by atoms with Crippen molar-refractivity contribution in [2.24, 2.45) is 5.84 Å². The quantitative estimate of drug-likeness (QED) is 0.541. The highest BCUT2D eigenvalue weighted by Gasteiger charge is 2.03. The molecule has 2 rings (SSSR count). The molecule has 0 atom stereocenters. The van der Waals surface area contributed by atoms with E-state index < -0.39 is 0 Å². The van der Waals surface area contributed by atoms with Crippen LogP contribution in [0.25, 0.3) is 6.08 Å². The van der Waals surface area contributed by atoms with E-state index in [1.54, 1.807) is 6.20 Å². The van der Waals surface area contributed by atoms with E-state index in [0.29, 0.717) is 0 Å². The summed E-state index contributed by atoms with van der Waals surface area (Å²) in [5.41, 5.74) is 5.18. The van der Waals surface area contributed by atoms with Crippen molar-refractivity contribution in [3.8, 4) is 0 Å². The van der Waals surface area contributed by atoms with Gasteiger partial charge in [0.15, 0.2) is 0 Å². The number of rotatable bonds is 0. The van der Waals surface area contributed by atoms with Gasteiger partial charge < -0.3 is 0 Å². The summed E-state index contributed by atoms with van der Waals surface area (Å²) in [5, 5.41) is 1.43. The van der Waals surface area contributed by atoms with Crippen LogP contribution < -0.4 is 11.3 Å². The van der Waals surface area contributed by atoms with Crippen molar-refractivity contribution in [1.29, 1.82) is 0 Å². The van der Waals surface area contributed by atoms with E-state index in [1.807, 2.05) is 30.3 Å². The molecule has 1 aliphatic rings. The maximum atomic E-state index is 5.48. The molecule has 3 heteroatoms. The largest absolute Gasteiger partial charge is 0.284 e. The molecule has 0 saturated heterocycles. The molecule has 11 heavy (non-hydrogen) atoms. The molecule has 1 aromatic rings. The molecule has 1 aromatic carbocycles. The van der Waals surface area contributed by atoms with Crippen LogP contribution in [0.15, 0.2) is 30.5 Å². The minimum atomic E-state index is 1.04. The summed E-state index contributed by atoms with van der Waals surface area (Å²) in [5.74, 6) is 5.48. The van der Waals surface area contributed by atoms with Crippen LogP contribution in [0.1, 0.15) is 5.56 Å². The van der Waals surface area contributed by atoms with Crippen LogP contribution in [-0.2, 0) is 0 Å². The molecule has 0 unspecified atom stereocenters. The third-order valence-electron chi connectivity index (χ3n) is 1.63. The molecule has 0 amide bonds. The monoisotopic (exact) mass is 147 g/mol. The van der Waals surface area contributed by atoms with Crippen molar-refractivity contribution < 1.29 is 0 Å². The van der Waals surface area contributed by atoms with Gasteiger partial charge in [-0.25, -0.2) is 11.0 Å². The number of nitrogens with zero attached hydrogens (tertiary/aromatic N) is 1. The highest BCUT2D eigenvalue weighted by atomic mass is 15.7. The van der Waals surface area contributed by atoms with Crippen molar-refractivity contribution in [3.05, 3.63) is 36.0 Å². The van der Waals surface area contributed by atoms with Crippen LogP contribution >= 0.6 is 0 Å². The number of nitrogens with one attached hydrogen (secondary N) is 1. The highest BCUT2D eigenvalue weighted by Crippen LogP contribution is 2.19. The highest BCUT2D eigenvalue weighted by molar-refractivity contribution is 5.68. The summed E-state index contributed by atoms with van der Waals surface area (Å²) < 4.78 is 0. The molecule has 3 N–H and O–H groups in total. The third kappa shape index (κ3) is 1.06. The second-order valence-electron chi connectivity index (χ2n) is 2.42. The smallest absolute Gasteiger partial charge is 0.0629 e. The molecular formula is C8H9N3. The van der Waals surface area contributed by atoms with E-state index in [9.17, 15) is 0 Å². The first kappa shape index (κ1) is 6.24. The van der Waals surface area contributed by atoms with Crippen molar-refractivity contribution in [2.45, 2.75) is 0 Å². The molecular weight excluding hydrogens is 138 g/mol. The Bertz CT molecular complexity index is 293. The summed E-state index contributed by atoms with van der Waals surface area (Å²) >= 11 is 0. The Morgan fingerprint density at radius 1 is 1.27 bits per heavy atom. The number of nitrogens with two attached hydrogens (primary N) is 1. The van der Waals surface area contributed by atoms with Gasteiger partial charge in [0.05, 0.1) is 5.69 Å². The van der Waals surface area contributed by atoms with E-state index in [0.717, 1.165) is 11.3 Å². The number of anilines is 1. The molecule has 0 saturated carbocycles. The summed E-state index contributed by atoms with van der Waals surface area (Å²) in [6.07, 6.45) is 3.74. The zero-order valence-electron chi connectivity index (χ0n) is 5.99. The van der Waals surface area contributed by atoms with E-state index >= 15 is 0 Å². The fraction of sp³-hybridized carbons (Fsp3) is 0. The molecule has 0 aliphatic carbocycles. The Balaban J connectivity index is 2.46. The van der Waals surface area contributed by atoms with Crippen LogP contribution in [0.3, 0.4) is 0 Å². The first-order chi connectivity index (χ1) is 5.36. The Labute approximate surface area is 65.1 Å². The molecule has 1 aliphatic heterocycles. The SMILES string of the molecule is NN1C=Cc2ccccc2N1. The molecule has 3 nitrogen and oxygen atoms in total. The standard InChI is InChI=1S/C8H9N3/c9-11-6-5-7-3-1-2-4-8(7)10-11/h1-6,10H,9H2. The number of hydrazine groups is 2. The minimum Gasteiger partial charge on any atom is -0.284 e. The van der Waals surface area contributed by atoms with Gasteiger partial charge in [-0.1, -0.05) is 18.2 Å². The first-order valence-electron chi connectivity index (χ1n) is 3.44. The number of benzene rings is 1. The van der Waals surface area contributed by atoms with E-state index in [1.165, 1.54) is 5.12 Å². The molecule has 0 radical (unpaired) electrons. The van der Waals surface area contributed by atoms with Gasteiger partial charge in [-0.05, 0) is 12.1 Å². The molecule has 56 valence electrons. The van der Waals surface area contributed by atoms with Gasteiger partial charge in [-0.3, -0.25) is 5.43 Å². The second-order valence-corrected chi connectivity index (χ2v) is 2.42. The lowest BCUT2D eigenvalue weighted by atomic mass is 10.1. The summed E-state index contributed by atoms with van der Waals surface area (Å²) in [6.45, 7) is 0. The maximum Gasteiger partial charge on any atom is 0.0629 e. The third-order valence-corrected chi connectivity index (χ3v) is 1.63. The number of hydrogen-bond donors (Lipinski definition) is 2. The normalized spacial score (nSPS) is 14.1. The van der Waals surface area contributed by atoms with Crippen molar-refractivity contribution in [3.63, 3.8) is 0 Å². The average molecular weight is 147 g/mol. The minimum absolute atomic E-state index is 1.04. The predicted molar refractivity (Wildman–Crippen MR) is 45.1 cm³/mol. The Kier molecular flexibility index (Phi) is 1.30. The van der Waals surface area contributed by atoms with Crippen molar-refractivity contribution in [2.75, 3.05) is 5.43 Å². The van der Waals surface area contributed by atoms with Gasteiger partial charge in [0.25, 0.3) is 0 Å². The maximum absolute atomic E-state index is 5.48. The van der Waals surface area contributed by atoms with Crippen LogP contribution in [0.4, 0.5) is 5.69 Å². The first-order valence-corrected chi connectivity index (χ1v) is 3.44. The van der Waals surface area contributed by atoms with E-state index in [-0.39, 0.29) is 0 Å². The van der Waals surface area contributed by atoms with Gasteiger partial charge in [0, 0.05) is 11.8 Å². The van der Waals surface area contributed by atoms with Crippen molar-refractivity contribution >= 4 is 11.8 Å². The molecule has 0 bridgehead atoms. The number of fused-ring (bicyclic) bond motifs is 1. The van der Waals surface area contributed by atoms with Gasteiger partial charge in [0.2, 0.25) is 0 Å². The van der Waals surface area contributed by atoms with Crippen LogP contribution in [-0.4, -0.2) is 5.12 Å². The molecule has 0 fully saturated rings. The van der Waals surface area contributed by atoms with Gasteiger partial charge in [-0.2, -0.15) is 0 Å². The zero-order valence-corrected chi connectivity index (χ0v) is 5.99. The summed E-state index contributed by atoms with van der Waals surface area (Å²) in [7, 11) is 0. The lowest BCUT2D eigenvalue weighted by Gasteiger charge is -2.21. The van der Waals surface area contributed by atoms with Crippen LogP contribution in [0, 0.1) is 0 Å². The number of hydrogen-bond acceptors (Lipinski definition) is 3. The Morgan fingerprint density at radius 2 is 2.09 bits per heavy atom. The van der Waals surface area contributed by atoms with Crippen molar-refractivity contribution in [1.82, 2.24) is 5.12 Å². The fourth-order valence-electron chi connectivity index (χ4n) is 1.08. The lowest BCUT2D eigenvalue weighted by molar-refractivity contribution is 0.474. The van der Waals surface area contributed by atoms with E-state index in [4.69, 9.17) is 5.84 Å².